The van der Waals surface area contributed by atoms with Crippen LogP contribution in [0.5, 0.6) is 0 Å². The van der Waals surface area contributed by atoms with E-state index in [1.54, 1.807) is 0 Å². The van der Waals surface area contributed by atoms with Gasteiger partial charge in [0, 0.05) is 53.2 Å². The number of thiophene rings is 1. The Hall–Kier alpha value is -7.21. The van der Waals surface area contributed by atoms with Gasteiger partial charge in [-0.3, -0.25) is 0 Å². The van der Waals surface area contributed by atoms with Gasteiger partial charge in [0.25, 0.3) is 0 Å². The van der Waals surface area contributed by atoms with Gasteiger partial charge < -0.3 is 4.42 Å². The van der Waals surface area contributed by atoms with E-state index < -0.39 is 0 Å². The Balaban J connectivity index is 1.12. The number of nitrogens with zero attached hydrogens (tertiary/aromatic N) is 3. The molecule has 11 rings (SSSR count). The number of rotatable bonds is 6. The molecule has 0 N–H and O–H groups in total. The number of para-hydroxylation sites is 1. The zero-order chi connectivity index (χ0) is 37.0. The molecule has 0 aliphatic carbocycles. The minimum Gasteiger partial charge on any atom is -0.455 e. The Kier molecular flexibility index (Phi) is 7.64. The molecule has 0 spiro atoms. The Labute approximate surface area is 327 Å². The molecule has 4 nitrogen and oxygen atoms in total. The van der Waals surface area contributed by atoms with Crippen molar-refractivity contribution in [3.8, 4) is 67.5 Å². The Morgan fingerprint density at radius 1 is 0.357 bits per heavy atom. The smallest absolute Gasteiger partial charge is 0.164 e. The minimum absolute atomic E-state index is 0.602. The van der Waals surface area contributed by atoms with Gasteiger partial charge in [0.2, 0.25) is 0 Å². The second-order valence-corrected chi connectivity index (χ2v) is 15.0. The largest absolute Gasteiger partial charge is 0.455 e. The standard InChI is InChI=1S/C51H31N3OS/c1-4-15-32(16-5-1)35-21-12-22-36(31-35)37-29-30-38(46-40-23-10-11-28-44(40)56-48(37)46)39-24-13-25-41-45-42(26-14-27-43(45)55-47(39)41)51-53-49(33-17-6-2-7-18-33)52-50(54-51)34-19-8-3-9-20-34/h1-31H. The van der Waals surface area contributed by atoms with Crippen molar-refractivity contribution in [3.63, 3.8) is 0 Å². The van der Waals surface area contributed by atoms with Gasteiger partial charge in [-0.05, 0) is 46.0 Å². The molecule has 0 saturated heterocycles. The molecule has 0 fully saturated rings. The summed E-state index contributed by atoms with van der Waals surface area (Å²) in [6.45, 7) is 0. The molecule has 0 atom stereocenters. The SMILES string of the molecule is c1ccc(-c2cccc(-c3ccc(-c4cccc5c4oc4cccc(-c6nc(-c7ccccc7)nc(-c7ccccc7)n6)c45)c4c3sc3ccccc34)c2)cc1. The highest BCUT2D eigenvalue weighted by Crippen LogP contribution is 2.48. The Bertz CT molecular complexity index is 3180. The zero-order valence-electron chi connectivity index (χ0n) is 30.1. The van der Waals surface area contributed by atoms with Crippen LogP contribution in [0, 0.1) is 0 Å². The van der Waals surface area contributed by atoms with Gasteiger partial charge in [-0.15, -0.1) is 11.3 Å². The molecule has 8 aromatic carbocycles. The second kappa shape index (κ2) is 13.3. The molecule has 56 heavy (non-hydrogen) atoms. The van der Waals surface area contributed by atoms with Crippen LogP contribution in [0.2, 0.25) is 0 Å². The average molecular weight is 734 g/mol. The van der Waals surface area contributed by atoms with Gasteiger partial charge in [0.05, 0.1) is 0 Å². The fraction of sp³-hybridized carbons (Fsp3) is 0. The van der Waals surface area contributed by atoms with E-state index in [2.05, 4.69) is 115 Å². The van der Waals surface area contributed by atoms with Crippen molar-refractivity contribution in [3.05, 3.63) is 188 Å². The maximum absolute atomic E-state index is 6.88. The number of hydrogen-bond donors (Lipinski definition) is 0. The summed E-state index contributed by atoms with van der Waals surface area (Å²) < 4.78 is 9.40. The van der Waals surface area contributed by atoms with Gasteiger partial charge in [-0.2, -0.15) is 0 Å². The second-order valence-electron chi connectivity index (χ2n) is 13.9. The van der Waals surface area contributed by atoms with E-state index in [0.29, 0.717) is 17.5 Å². The van der Waals surface area contributed by atoms with E-state index in [1.165, 1.54) is 42.4 Å². The summed E-state index contributed by atoms with van der Waals surface area (Å²) in [4.78, 5) is 15.1. The highest BCUT2D eigenvalue weighted by molar-refractivity contribution is 7.26. The highest BCUT2D eigenvalue weighted by Gasteiger charge is 2.22. The van der Waals surface area contributed by atoms with Crippen molar-refractivity contribution in [1.29, 1.82) is 0 Å². The lowest BCUT2D eigenvalue weighted by molar-refractivity contribution is 0.670. The van der Waals surface area contributed by atoms with Crippen LogP contribution in [0.25, 0.3) is 110 Å². The molecule has 0 aliphatic rings. The summed E-state index contributed by atoms with van der Waals surface area (Å²) in [5.41, 5.74) is 11.4. The van der Waals surface area contributed by atoms with Crippen LogP contribution in [0.1, 0.15) is 0 Å². The summed E-state index contributed by atoms with van der Waals surface area (Å²) in [7, 11) is 0. The van der Waals surface area contributed by atoms with Gasteiger partial charge in [-0.25, -0.2) is 15.0 Å². The topological polar surface area (TPSA) is 51.8 Å². The molecule has 0 unspecified atom stereocenters. The van der Waals surface area contributed by atoms with Gasteiger partial charge in [0.15, 0.2) is 17.5 Å². The van der Waals surface area contributed by atoms with E-state index in [9.17, 15) is 0 Å². The van der Waals surface area contributed by atoms with E-state index in [1.807, 2.05) is 84.1 Å². The lowest BCUT2D eigenvalue weighted by Crippen LogP contribution is -2.00. The molecule has 0 amide bonds. The van der Waals surface area contributed by atoms with Gasteiger partial charge >= 0.3 is 0 Å². The minimum atomic E-state index is 0.602. The molecule has 3 aromatic heterocycles. The van der Waals surface area contributed by atoms with Crippen LogP contribution in [0.15, 0.2) is 192 Å². The first-order chi connectivity index (χ1) is 27.8. The van der Waals surface area contributed by atoms with Crippen LogP contribution >= 0.6 is 11.3 Å². The van der Waals surface area contributed by atoms with Crippen molar-refractivity contribution >= 4 is 53.4 Å². The summed E-state index contributed by atoms with van der Waals surface area (Å²) in [5.74, 6) is 1.85. The van der Waals surface area contributed by atoms with Crippen LogP contribution in [-0.2, 0) is 0 Å². The van der Waals surface area contributed by atoms with Crippen LogP contribution in [0.3, 0.4) is 0 Å². The number of fused-ring (bicyclic) bond motifs is 6. The van der Waals surface area contributed by atoms with Crippen molar-refractivity contribution in [2.75, 3.05) is 0 Å². The maximum Gasteiger partial charge on any atom is 0.164 e. The lowest BCUT2D eigenvalue weighted by Gasteiger charge is -2.11. The summed E-state index contributed by atoms with van der Waals surface area (Å²) >= 11 is 1.85. The Morgan fingerprint density at radius 3 is 1.66 bits per heavy atom. The summed E-state index contributed by atoms with van der Waals surface area (Å²) in [6.07, 6.45) is 0. The van der Waals surface area contributed by atoms with Gasteiger partial charge in [-0.1, -0.05) is 170 Å². The molecule has 3 heterocycles. The van der Waals surface area contributed by atoms with Crippen molar-refractivity contribution in [2.45, 2.75) is 0 Å². The fourth-order valence-corrected chi connectivity index (χ4v) is 9.22. The summed E-state index contributed by atoms with van der Waals surface area (Å²) in [6, 6.07) is 65.6. The molecule has 0 aliphatic heterocycles. The van der Waals surface area contributed by atoms with E-state index in [0.717, 1.165) is 49.8 Å². The van der Waals surface area contributed by atoms with Crippen LogP contribution in [0.4, 0.5) is 0 Å². The first kappa shape index (κ1) is 32.2. The Morgan fingerprint density at radius 2 is 0.911 bits per heavy atom. The lowest BCUT2D eigenvalue weighted by atomic mass is 9.92. The molecule has 11 aromatic rings. The van der Waals surface area contributed by atoms with Crippen molar-refractivity contribution in [1.82, 2.24) is 15.0 Å². The van der Waals surface area contributed by atoms with E-state index in [-0.39, 0.29) is 0 Å². The fourth-order valence-electron chi connectivity index (χ4n) is 7.95. The molecule has 5 heteroatoms. The van der Waals surface area contributed by atoms with Crippen LogP contribution in [-0.4, -0.2) is 15.0 Å². The van der Waals surface area contributed by atoms with E-state index >= 15 is 0 Å². The molecular formula is C51H31N3OS. The third-order valence-corrected chi connectivity index (χ3v) is 11.8. The number of aromatic nitrogens is 3. The molecule has 262 valence electrons. The predicted octanol–water partition coefficient (Wildman–Crippen LogP) is 14.1. The quantitative estimate of drug-likeness (QED) is 0.171. The molecule has 0 radical (unpaired) electrons. The van der Waals surface area contributed by atoms with Gasteiger partial charge in [0.1, 0.15) is 11.2 Å². The van der Waals surface area contributed by atoms with Crippen LogP contribution < -0.4 is 0 Å². The average Bonchev–Trinajstić information content (AvgIpc) is 3.86. The third-order valence-electron chi connectivity index (χ3n) is 10.6. The highest BCUT2D eigenvalue weighted by atomic mass is 32.1. The summed E-state index contributed by atoms with van der Waals surface area (Å²) in [5, 5.41) is 4.47. The third kappa shape index (κ3) is 5.40. The maximum atomic E-state index is 6.88. The number of benzene rings is 8. The first-order valence-corrected chi connectivity index (χ1v) is 19.5. The zero-order valence-corrected chi connectivity index (χ0v) is 30.9. The number of hydrogen-bond acceptors (Lipinski definition) is 5. The molecule has 0 saturated carbocycles. The molecular weight excluding hydrogens is 703 g/mol. The first-order valence-electron chi connectivity index (χ1n) is 18.7. The normalized spacial score (nSPS) is 11.6. The number of furan rings is 1. The monoisotopic (exact) mass is 733 g/mol. The van der Waals surface area contributed by atoms with Crippen molar-refractivity contribution in [2.24, 2.45) is 0 Å². The van der Waals surface area contributed by atoms with Crippen molar-refractivity contribution < 1.29 is 4.42 Å². The predicted molar refractivity (Wildman–Crippen MR) is 233 cm³/mol. The van der Waals surface area contributed by atoms with E-state index in [4.69, 9.17) is 19.4 Å². The molecule has 0 bridgehead atoms.